The number of carbonyl (C=O) groups is 4. The summed E-state index contributed by atoms with van der Waals surface area (Å²) in [6.45, 7) is 11.8. The molecule has 0 aromatic rings. The van der Waals surface area contributed by atoms with Crippen LogP contribution in [0, 0.1) is 17.8 Å². The number of hydrogen-bond donors (Lipinski definition) is 3. The van der Waals surface area contributed by atoms with Gasteiger partial charge in [0.05, 0.1) is 26.4 Å². The minimum Gasteiger partial charge on any atom is -0.462 e. The summed E-state index contributed by atoms with van der Waals surface area (Å²) in [5.74, 6) is 0.144. The molecule has 0 fully saturated rings. The van der Waals surface area contributed by atoms with Crippen LogP contribution in [-0.2, 0) is 65.4 Å². The van der Waals surface area contributed by atoms with E-state index in [0.717, 1.165) is 108 Å². The maximum absolute atomic E-state index is 13.1. The van der Waals surface area contributed by atoms with Gasteiger partial charge in [0, 0.05) is 25.7 Å². The molecule has 0 radical (unpaired) electrons. The fourth-order valence-corrected chi connectivity index (χ4v) is 12.7. The van der Waals surface area contributed by atoms with Crippen LogP contribution in [0.15, 0.2) is 0 Å². The molecule has 0 spiro atoms. The van der Waals surface area contributed by atoms with Crippen molar-refractivity contribution < 1.29 is 80.2 Å². The average molecular weight is 1350 g/mol. The summed E-state index contributed by atoms with van der Waals surface area (Å²) in [6.07, 6.45) is 48.6. The van der Waals surface area contributed by atoms with Crippen molar-refractivity contribution in [2.24, 2.45) is 17.8 Å². The number of phosphoric acid groups is 2. The van der Waals surface area contributed by atoms with Crippen molar-refractivity contribution in [1.29, 1.82) is 0 Å². The van der Waals surface area contributed by atoms with E-state index in [1.54, 1.807) is 0 Å². The highest BCUT2D eigenvalue weighted by atomic mass is 31.2. The fraction of sp³-hybridized carbons (Fsp3) is 0.945. The van der Waals surface area contributed by atoms with Crippen molar-refractivity contribution >= 4 is 39.5 Å². The van der Waals surface area contributed by atoms with Crippen molar-refractivity contribution in [3.63, 3.8) is 0 Å². The Hall–Kier alpha value is -1.94. The van der Waals surface area contributed by atoms with Gasteiger partial charge >= 0.3 is 39.5 Å². The zero-order valence-electron chi connectivity index (χ0n) is 60.0. The van der Waals surface area contributed by atoms with Crippen molar-refractivity contribution in [3.05, 3.63) is 0 Å². The Morgan fingerprint density at radius 2 is 0.500 bits per heavy atom. The lowest BCUT2D eigenvalue weighted by molar-refractivity contribution is -0.161. The number of aliphatic hydroxyl groups excluding tert-OH is 1. The predicted octanol–water partition coefficient (Wildman–Crippen LogP) is 21.0. The first kappa shape index (κ1) is 90.1. The normalized spacial score (nSPS) is 14.1. The third-order valence-electron chi connectivity index (χ3n) is 16.9. The molecule has 0 aromatic carbocycles. The number of carbonyl (C=O) groups excluding carboxylic acids is 4. The lowest BCUT2D eigenvalue weighted by Crippen LogP contribution is -2.30. The van der Waals surface area contributed by atoms with E-state index in [0.29, 0.717) is 31.6 Å². The average Bonchev–Trinajstić information content (AvgIpc) is 1.69. The number of hydrogen-bond acceptors (Lipinski definition) is 15. The molecule has 5 atom stereocenters. The molecule has 19 heteroatoms. The third kappa shape index (κ3) is 66.7. The smallest absolute Gasteiger partial charge is 0.462 e. The maximum Gasteiger partial charge on any atom is 0.472 e. The molecule has 92 heavy (non-hydrogen) atoms. The standard InChI is InChI=1S/C73H142O17P2/c1-8-9-10-11-12-13-19-27-34-42-49-56-72(77)90-69(61-84-71(76)55-48-41-36-29-32-39-46-53-66(6)7)63-88-92(81,82)86-59-67(74)58-85-91(79,80)87-62-68(60-83-70(75)54-47-40-33-26-23-22-25-31-38-45-52-65(4)5)89-73(78)57-50-43-35-28-21-18-16-14-15-17-20-24-30-37-44-51-64(2)3/h64-69,74H,8-63H2,1-7H3,(H,79,80)(H,81,82)/t67-,68-,69-/m1/s1. The van der Waals surface area contributed by atoms with Crippen LogP contribution in [0.4, 0.5) is 0 Å². The highest BCUT2D eigenvalue weighted by molar-refractivity contribution is 7.47. The van der Waals surface area contributed by atoms with Crippen LogP contribution < -0.4 is 0 Å². The predicted molar refractivity (Wildman–Crippen MR) is 372 cm³/mol. The van der Waals surface area contributed by atoms with Gasteiger partial charge in [-0.1, -0.05) is 318 Å². The van der Waals surface area contributed by atoms with Gasteiger partial charge in [0.15, 0.2) is 12.2 Å². The Balaban J connectivity index is 5.23. The number of unbranched alkanes of at least 4 members (excludes halogenated alkanes) is 39. The summed E-state index contributed by atoms with van der Waals surface area (Å²) in [7, 11) is -9.90. The van der Waals surface area contributed by atoms with E-state index in [-0.39, 0.29) is 25.7 Å². The van der Waals surface area contributed by atoms with Crippen LogP contribution in [0.25, 0.3) is 0 Å². The van der Waals surface area contributed by atoms with Crippen LogP contribution in [-0.4, -0.2) is 96.7 Å². The van der Waals surface area contributed by atoms with Crippen LogP contribution >= 0.6 is 15.6 Å². The van der Waals surface area contributed by atoms with Gasteiger partial charge in [-0.05, 0) is 43.4 Å². The fourth-order valence-electron chi connectivity index (χ4n) is 11.1. The van der Waals surface area contributed by atoms with Gasteiger partial charge in [-0.3, -0.25) is 37.3 Å². The van der Waals surface area contributed by atoms with E-state index in [2.05, 4.69) is 48.5 Å². The first-order valence-corrected chi connectivity index (χ1v) is 40.8. The van der Waals surface area contributed by atoms with E-state index in [1.807, 2.05) is 0 Å². The Bertz CT molecular complexity index is 1800. The molecule has 0 aliphatic heterocycles. The Kier molecular flexibility index (Phi) is 62.4. The molecular weight excluding hydrogens is 1210 g/mol. The topological polar surface area (TPSA) is 237 Å². The molecule has 0 heterocycles. The van der Waals surface area contributed by atoms with Crippen molar-refractivity contribution in [2.45, 2.75) is 388 Å². The summed E-state index contributed by atoms with van der Waals surface area (Å²) in [6, 6.07) is 0. The number of ether oxygens (including phenoxy) is 4. The number of phosphoric ester groups is 2. The van der Waals surface area contributed by atoms with E-state index < -0.39 is 97.5 Å². The van der Waals surface area contributed by atoms with E-state index in [4.69, 9.17) is 37.0 Å². The van der Waals surface area contributed by atoms with Crippen LogP contribution in [0.2, 0.25) is 0 Å². The van der Waals surface area contributed by atoms with Gasteiger partial charge in [0.1, 0.15) is 19.3 Å². The molecule has 3 N–H and O–H groups in total. The molecule has 546 valence electrons. The second kappa shape index (κ2) is 63.8. The summed E-state index contributed by atoms with van der Waals surface area (Å²) < 4.78 is 68.4. The molecule has 0 aromatic heterocycles. The van der Waals surface area contributed by atoms with Gasteiger partial charge in [0.2, 0.25) is 0 Å². The molecule has 0 aliphatic rings. The number of esters is 4. The van der Waals surface area contributed by atoms with Gasteiger partial charge in [-0.15, -0.1) is 0 Å². The Morgan fingerprint density at radius 1 is 0.293 bits per heavy atom. The van der Waals surface area contributed by atoms with E-state index >= 15 is 0 Å². The molecule has 0 saturated heterocycles. The quantitative estimate of drug-likeness (QED) is 0.0222. The van der Waals surface area contributed by atoms with Gasteiger partial charge in [0.25, 0.3) is 0 Å². The van der Waals surface area contributed by atoms with E-state index in [1.165, 1.54) is 173 Å². The van der Waals surface area contributed by atoms with Crippen molar-refractivity contribution in [2.75, 3.05) is 39.6 Å². The third-order valence-corrected chi connectivity index (χ3v) is 18.8. The van der Waals surface area contributed by atoms with Gasteiger partial charge < -0.3 is 33.8 Å². The monoisotopic (exact) mass is 1350 g/mol. The maximum atomic E-state index is 13.1. The van der Waals surface area contributed by atoms with Crippen LogP contribution in [0.3, 0.4) is 0 Å². The molecule has 0 bridgehead atoms. The molecular formula is C73H142O17P2. The summed E-state index contributed by atoms with van der Waals surface area (Å²) in [5, 5.41) is 10.6. The minimum atomic E-state index is -4.95. The molecule has 2 unspecified atom stereocenters. The van der Waals surface area contributed by atoms with Gasteiger partial charge in [-0.2, -0.15) is 0 Å². The van der Waals surface area contributed by atoms with Crippen molar-refractivity contribution in [3.8, 4) is 0 Å². The second-order valence-corrected chi connectivity index (χ2v) is 30.7. The lowest BCUT2D eigenvalue weighted by atomic mass is 10.0. The minimum absolute atomic E-state index is 0.106. The zero-order chi connectivity index (χ0) is 68.0. The number of rotatable bonds is 71. The van der Waals surface area contributed by atoms with Gasteiger partial charge in [-0.25, -0.2) is 9.13 Å². The van der Waals surface area contributed by atoms with Crippen LogP contribution in [0.5, 0.6) is 0 Å². The lowest BCUT2D eigenvalue weighted by Gasteiger charge is -2.21. The highest BCUT2D eigenvalue weighted by Gasteiger charge is 2.30. The first-order valence-electron chi connectivity index (χ1n) is 37.8. The molecule has 0 saturated carbocycles. The molecule has 0 aliphatic carbocycles. The largest absolute Gasteiger partial charge is 0.472 e. The Morgan fingerprint density at radius 3 is 0.739 bits per heavy atom. The first-order chi connectivity index (χ1) is 44.2. The summed E-state index contributed by atoms with van der Waals surface area (Å²) in [4.78, 5) is 72.6. The molecule has 0 amide bonds. The number of aliphatic hydroxyl groups is 1. The van der Waals surface area contributed by atoms with Crippen LogP contribution in [0.1, 0.15) is 370 Å². The molecule has 0 rings (SSSR count). The van der Waals surface area contributed by atoms with Crippen molar-refractivity contribution in [1.82, 2.24) is 0 Å². The second-order valence-electron chi connectivity index (χ2n) is 27.8. The highest BCUT2D eigenvalue weighted by Crippen LogP contribution is 2.45. The zero-order valence-corrected chi connectivity index (χ0v) is 61.8. The summed E-state index contributed by atoms with van der Waals surface area (Å²) in [5.41, 5.74) is 0. The summed E-state index contributed by atoms with van der Waals surface area (Å²) >= 11 is 0. The van der Waals surface area contributed by atoms with E-state index in [9.17, 15) is 43.2 Å². The SMILES string of the molecule is CCCCCCCCCCCCCC(=O)O[C@H](COC(=O)CCCCCCCCCC(C)C)COP(=O)(O)OC[C@H](O)COP(=O)(O)OC[C@@H](COC(=O)CCCCCCCCCCCCC(C)C)OC(=O)CCCCCCCCCCCCCCCCCC(C)C. The molecule has 17 nitrogen and oxygen atoms in total. The Labute approximate surface area is 562 Å².